The van der Waals surface area contributed by atoms with Crippen LogP contribution in [0, 0.1) is 23.7 Å². The van der Waals surface area contributed by atoms with Crippen molar-refractivity contribution in [2.24, 2.45) is 23.7 Å². The Hall–Kier alpha value is -2.67. The lowest BCUT2D eigenvalue weighted by molar-refractivity contribution is -0.155. The average molecular weight is 429 g/mol. The maximum Gasteiger partial charge on any atom is 0.310 e. The molecule has 0 bridgehead atoms. The number of ether oxygens (including phenoxy) is 1. The molecule has 1 heterocycles. The molecule has 0 unspecified atom stereocenters. The molecular weight excluding hydrogens is 396 g/mol. The van der Waals surface area contributed by atoms with Crippen LogP contribution in [-0.2, 0) is 19.1 Å². The zero-order valence-corrected chi connectivity index (χ0v) is 18.5. The Kier molecular flexibility index (Phi) is 7.15. The largest absolute Gasteiger partial charge is 0.466 e. The molecule has 1 aliphatic heterocycles. The van der Waals surface area contributed by atoms with Crippen molar-refractivity contribution in [2.45, 2.75) is 45.8 Å². The van der Waals surface area contributed by atoms with E-state index in [0.29, 0.717) is 0 Å². The summed E-state index contributed by atoms with van der Waals surface area (Å²) in [6, 6.07) is 7.56. The van der Waals surface area contributed by atoms with Crippen molar-refractivity contribution in [3.05, 3.63) is 48.0 Å². The molecule has 31 heavy (non-hydrogen) atoms. The van der Waals surface area contributed by atoms with Gasteiger partial charge >= 0.3 is 5.97 Å². The van der Waals surface area contributed by atoms with Crippen molar-refractivity contribution in [3.63, 3.8) is 0 Å². The number of aliphatic hydroxyl groups is 1. The third-order valence-corrected chi connectivity index (χ3v) is 6.16. The smallest absolute Gasteiger partial charge is 0.310 e. The molecule has 6 atom stereocenters. The number of amides is 2. The highest BCUT2D eigenvalue weighted by Crippen LogP contribution is 2.47. The minimum absolute atomic E-state index is 0.111. The Morgan fingerprint density at radius 1 is 1.19 bits per heavy atom. The molecule has 3 rings (SSSR count). The number of aliphatic hydroxyl groups excluding tert-OH is 1. The number of fused-ring (bicyclic) bond motifs is 1. The first-order chi connectivity index (χ1) is 14.8. The highest BCUT2D eigenvalue weighted by atomic mass is 16.5. The SMILES string of the molecule is CCOC(=O)[C@H]1[C@@H]2C(=O)N([C@H](CO)c3ccccc3)[C@H](C(=O)NC(C)C)[C@H]2C=C[C@H]1C. The molecule has 0 saturated carbocycles. The van der Waals surface area contributed by atoms with Crippen LogP contribution in [-0.4, -0.2) is 53.1 Å². The summed E-state index contributed by atoms with van der Waals surface area (Å²) < 4.78 is 5.28. The van der Waals surface area contributed by atoms with Crippen molar-refractivity contribution in [3.8, 4) is 0 Å². The summed E-state index contributed by atoms with van der Waals surface area (Å²) >= 11 is 0. The van der Waals surface area contributed by atoms with E-state index in [1.54, 1.807) is 6.92 Å². The van der Waals surface area contributed by atoms with Crippen molar-refractivity contribution >= 4 is 17.8 Å². The first kappa shape index (κ1) is 23.0. The van der Waals surface area contributed by atoms with Crippen molar-refractivity contribution < 1.29 is 24.2 Å². The monoisotopic (exact) mass is 428 g/mol. The van der Waals surface area contributed by atoms with Gasteiger partial charge in [-0.05, 0) is 32.3 Å². The van der Waals surface area contributed by atoms with Crippen LogP contribution in [0.25, 0.3) is 0 Å². The predicted octanol–water partition coefficient (Wildman–Crippen LogP) is 2.07. The molecule has 7 heteroatoms. The van der Waals surface area contributed by atoms with Crippen LogP contribution in [0.5, 0.6) is 0 Å². The zero-order chi connectivity index (χ0) is 22.7. The number of nitrogens with zero attached hydrogens (tertiary/aromatic N) is 1. The molecule has 1 aliphatic carbocycles. The number of benzene rings is 1. The Bertz CT molecular complexity index is 838. The van der Waals surface area contributed by atoms with Gasteiger partial charge < -0.3 is 20.1 Å². The van der Waals surface area contributed by atoms with E-state index in [1.165, 1.54) is 4.90 Å². The Balaban J connectivity index is 2.08. The average Bonchev–Trinajstić information content (AvgIpc) is 3.02. The number of carbonyl (C=O) groups is 3. The van der Waals surface area contributed by atoms with Crippen LogP contribution in [0.1, 0.15) is 39.3 Å². The maximum absolute atomic E-state index is 13.8. The number of esters is 1. The summed E-state index contributed by atoms with van der Waals surface area (Å²) in [4.78, 5) is 41.3. The minimum atomic E-state index is -0.821. The molecule has 0 aromatic heterocycles. The quantitative estimate of drug-likeness (QED) is 0.512. The molecule has 1 aromatic carbocycles. The van der Waals surface area contributed by atoms with E-state index in [9.17, 15) is 19.5 Å². The van der Waals surface area contributed by atoms with E-state index >= 15 is 0 Å². The van der Waals surface area contributed by atoms with E-state index in [2.05, 4.69) is 5.32 Å². The fraction of sp³-hybridized carbons (Fsp3) is 0.542. The normalized spacial score (nSPS) is 28.4. The summed E-state index contributed by atoms with van der Waals surface area (Å²) in [5.74, 6) is -3.06. The summed E-state index contributed by atoms with van der Waals surface area (Å²) in [7, 11) is 0. The van der Waals surface area contributed by atoms with Gasteiger partial charge in [-0.25, -0.2) is 0 Å². The Labute approximate surface area is 183 Å². The third kappa shape index (κ3) is 4.37. The molecule has 2 aliphatic rings. The second-order valence-electron chi connectivity index (χ2n) is 8.59. The number of likely N-dealkylation sites (tertiary alicyclic amines) is 1. The molecule has 2 N–H and O–H groups in total. The maximum atomic E-state index is 13.8. The van der Waals surface area contributed by atoms with Gasteiger partial charge in [-0.1, -0.05) is 49.4 Å². The number of hydrogen-bond donors (Lipinski definition) is 2. The van der Waals surface area contributed by atoms with Crippen molar-refractivity contribution in [1.82, 2.24) is 10.2 Å². The number of hydrogen-bond acceptors (Lipinski definition) is 5. The minimum Gasteiger partial charge on any atom is -0.466 e. The first-order valence-corrected chi connectivity index (χ1v) is 10.9. The van der Waals surface area contributed by atoms with E-state index in [0.717, 1.165) is 5.56 Å². The van der Waals surface area contributed by atoms with Crippen LogP contribution in [0.15, 0.2) is 42.5 Å². The van der Waals surface area contributed by atoms with E-state index < -0.39 is 35.8 Å². The summed E-state index contributed by atoms with van der Waals surface area (Å²) in [5, 5.41) is 13.2. The van der Waals surface area contributed by atoms with Crippen LogP contribution >= 0.6 is 0 Å². The van der Waals surface area contributed by atoms with Crippen LogP contribution in [0.3, 0.4) is 0 Å². The summed E-state index contributed by atoms with van der Waals surface area (Å²) in [5.41, 5.74) is 0.740. The van der Waals surface area contributed by atoms with Gasteiger partial charge in [0.05, 0.1) is 31.1 Å². The number of nitrogens with one attached hydrogen (secondary N) is 1. The first-order valence-electron chi connectivity index (χ1n) is 10.9. The molecule has 0 spiro atoms. The van der Waals surface area contributed by atoms with Gasteiger partial charge in [0.25, 0.3) is 0 Å². The Morgan fingerprint density at radius 3 is 2.45 bits per heavy atom. The van der Waals surface area contributed by atoms with Crippen molar-refractivity contribution in [1.29, 1.82) is 0 Å². The van der Waals surface area contributed by atoms with Gasteiger partial charge in [0, 0.05) is 12.0 Å². The third-order valence-electron chi connectivity index (χ3n) is 6.16. The fourth-order valence-electron chi connectivity index (χ4n) is 4.87. The van der Waals surface area contributed by atoms with Crippen LogP contribution < -0.4 is 5.32 Å². The summed E-state index contributed by atoms with van der Waals surface area (Å²) in [6.07, 6.45) is 3.78. The number of rotatable bonds is 7. The fourth-order valence-corrected chi connectivity index (χ4v) is 4.87. The molecule has 2 amide bonds. The topological polar surface area (TPSA) is 95.9 Å². The molecule has 168 valence electrons. The summed E-state index contributed by atoms with van der Waals surface area (Å²) in [6.45, 7) is 7.23. The predicted molar refractivity (Wildman–Crippen MR) is 116 cm³/mol. The van der Waals surface area contributed by atoms with Gasteiger partial charge in [0.2, 0.25) is 11.8 Å². The zero-order valence-electron chi connectivity index (χ0n) is 18.5. The highest BCUT2D eigenvalue weighted by Gasteiger charge is 2.58. The molecule has 1 saturated heterocycles. The van der Waals surface area contributed by atoms with Crippen LogP contribution in [0.4, 0.5) is 0 Å². The standard InChI is InChI=1S/C24H32N2O5/c1-5-31-24(30)19-15(4)11-12-17-20(19)23(29)26(21(17)22(28)25-14(2)3)18(13-27)16-9-7-6-8-10-16/h6-12,14-15,17-21,27H,5,13H2,1-4H3,(H,25,28)/t15-,17+,18-,19-,20-,21+/m1/s1. The molecule has 7 nitrogen and oxygen atoms in total. The Morgan fingerprint density at radius 2 is 1.87 bits per heavy atom. The van der Waals surface area contributed by atoms with Gasteiger partial charge in [-0.15, -0.1) is 0 Å². The molecular formula is C24H32N2O5. The van der Waals surface area contributed by atoms with Gasteiger partial charge in [0.15, 0.2) is 0 Å². The van der Waals surface area contributed by atoms with Gasteiger partial charge in [-0.2, -0.15) is 0 Å². The number of allylic oxidation sites excluding steroid dienone is 1. The second-order valence-corrected chi connectivity index (χ2v) is 8.59. The molecule has 1 aromatic rings. The van der Waals surface area contributed by atoms with E-state index in [-0.39, 0.29) is 37.0 Å². The van der Waals surface area contributed by atoms with E-state index in [1.807, 2.05) is 63.3 Å². The number of carbonyl (C=O) groups excluding carboxylic acids is 3. The lowest BCUT2D eigenvalue weighted by atomic mass is 9.70. The lowest BCUT2D eigenvalue weighted by Gasteiger charge is -2.34. The van der Waals surface area contributed by atoms with E-state index in [4.69, 9.17) is 4.74 Å². The molecule has 0 radical (unpaired) electrons. The second kappa shape index (κ2) is 9.64. The van der Waals surface area contributed by atoms with Crippen molar-refractivity contribution in [2.75, 3.05) is 13.2 Å². The molecule has 1 fully saturated rings. The highest BCUT2D eigenvalue weighted by molar-refractivity contribution is 5.96. The van der Waals surface area contributed by atoms with Gasteiger partial charge in [-0.3, -0.25) is 14.4 Å². The van der Waals surface area contributed by atoms with Crippen LogP contribution in [0.2, 0.25) is 0 Å². The van der Waals surface area contributed by atoms with Gasteiger partial charge in [0.1, 0.15) is 6.04 Å². The lowest BCUT2D eigenvalue weighted by Crippen LogP contribution is -2.50.